The highest BCUT2D eigenvalue weighted by atomic mass is 79.9. The number of hydrogen-bond donors (Lipinski definition) is 0. The molecule has 0 saturated carbocycles. The van der Waals surface area contributed by atoms with Crippen LogP contribution in [0.3, 0.4) is 0 Å². The zero-order chi connectivity index (χ0) is 7.98. The number of hydrogen-bond acceptors (Lipinski definition) is 2. The summed E-state index contributed by atoms with van der Waals surface area (Å²) in [6.45, 7) is 6.77. The molecule has 0 fully saturated rings. The van der Waals surface area contributed by atoms with Gasteiger partial charge in [-0.1, -0.05) is 28.6 Å². The Morgan fingerprint density at radius 1 is 1.80 bits per heavy atom. The first-order valence-electron chi connectivity index (χ1n) is 2.58. The molecule has 0 heterocycles. The minimum atomic E-state index is 0.326. The molecule has 0 saturated heterocycles. The summed E-state index contributed by atoms with van der Waals surface area (Å²) < 4.78 is 0. The molecule has 2 nitrogen and oxygen atoms in total. The van der Waals surface area contributed by atoms with Crippen LogP contribution in [0.5, 0.6) is 0 Å². The lowest BCUT2D eigenvalue weighted by Gasteiger charge is -1.93. The molecule has 0 atom stereocenters. The molecule has 10 heavy (non-hydrogen) atoms. The van der Waals surface area contributed by atoms with E-state index < -0.39 is 0 Å². The van der Waals surface area contributed by atoms with Crippen LogP contribution in [0, 0.1) is 11.3 Å². The first-order chi connectivity index (χ1) is 4.79. The van der Waals surface area contributed by atoms with Gasteiger partial charge in [-0.15, -0.1) is 0 Å². The molecule has 3 heteroatoms. The lowest BCUT2D eigenvalue weighted by molar-refractivity contribution is 1.33. The highest BCUT2D eigenvalue weighted by Gasteiger charge is 1.96. The van der Waals surface area contributed by atoms with Crippen LogP contribution in [0.1, 0.15) is 0 Å². The van der Waals surface area contributed by atoms with Gasteiger partial charge in [0.2, 0.25) is 0 Å². The maximum Gasteiger partial charge on any atom is 0.143 e. The van der Waals surface area contributed by atoms with Gasteiger partial charge in [0.05, 0.1) is 0 Å². The summed E-state index contributed by atoms with van der Waals surface area (Å²) in [5.74, 6) is 0. The fourth-order valence-electron chi connectivity index (χ4n) is 0.423. The van der Waals surface area contributed by atoms with Gasteiger partial charge in [0.25, 0.3) is 0 Å². The minimum Gasteiger partial charge on any atom is -0.253 e. The van der Waals surface area contributed by atoms with Crippen molar-refractivity contribution in [1.82, 2.24) is 0 Å². The van der Waals surface area contributed by atoms with E-state index in [1.54, 1.807) is 6.08 Å². The first kappa shape index (κ1) is 9.12. The molecular formula is C7H7BrN2. The molecule has 0 radical (unpaired) electrons. The van der Waals surface area contributed by atoms with Crippen molar-refractivity contribution in [3.63, 3.8) is 0 Å². The van der Waals surface area contributed by atoms with Crippen molar-refractivity contribution >= 4 is 22.6 Å². The van der Waals surface area contributed by atoms with Crippen LogP contribution in [0.25, 0.3) is 0 Å². The third kappa shape index (κ3) is 2.16. The Bertz CT molecular complexity index is 210. The molecule has 0 amide bonds. The summed E-state index contributed by atoms with van der Waals surface area (Å²) in [4.78, 5) is 3.52. The van der Waals surface area contributed by atoms with Gasteiger partial charge in [-0.2, -0.15) is 5.26 Å². The molecule has 0 aliphatic heterocycles. The quantitative estimate of drug-likeness (QED) is 0.296. The van der Waals surface area contributed by atoms with Gasteiger partial charge in [0, 0.05) is 5.33 Å². The zero-order valence-corrected chi connectivity index (χ0v) is 7.06. The van der Waals surface area contributed by atoms with Gasteiger partial charge in [0.1, 0.15) is 11.8 Å². The van der Waals surface area contributed by atoms with Crippen LogP contribution >= 0.6 is 15.9 Å². The molecule has 0 aromatic rings. The summed E-state index contributed by atoms with van der Waals surface area (Å²) in [5, 5.41) is 9.03. The first-order valence-corrected chi connectivity index (χ1v) is 3.70. The number of allylic oxidation sites excluding steroid dienone is 3. The molecule has 0 aliphatic rings. The Hall–Kier alpha value is -0.880. The number of rotatable bonds is 3. The lowest BCUT2D eigenvalue weighted by atomic mass is 10.2. The van der Waals surface area contributed by atoms with Crippen LogP contribution in [0.15, 0.2) is 28.9 Å². The van der Waals surface area contributed by atoms with Gasteiger partial charge in [-0.25, -0.2) is 0 Å². The molecular weight excluding hydrogens is 192 g/mol. The van der Waals surface area contributed by atoms with E-state index in [0.717, 1.165) is 5.57 Å². The average Bonchev–Trinajstić information content (AvgIpc) is 2.00. The number of alkyl halides is 1. The van der Waals surface area contributed by atoms with Gasteiger partial charge in [0.15, 0.2) is 0 Å². The van der Waals surface area contributed by atoms with Crippen molar-refractivity contribution in [3.8, 4) is 6.07 Å². The maximum absolute atomic E-state index is 8.45. The van der Waals surface area contributed by atoms with Crippen LogP contribution in [0.4, 0.5) is 0 Å². The third-order valence-electron chi connectivity index (χ3n) is 0.959. The molecule has 52 valence electrons. The van der Waals surface area contributed by atoms with E-state index in [4.69, 9.17) is 5.26 Å². The molecule has 0 aromatic heterocycles. The monoisotopic (exact) mass is 198 g/mol. The summed E-state index contributed by atoms with van der Waals surface area (Å²) >= 11 is 3.19. The second-order valence-electron chi connectivity index (χ2n) is 1.48. The maximum atomic E-state index is 8.45. The van der Waals surface area contributed by atoms with Crippen LogP contribution in [-0.4, -0.2) is 12.0 Å². The van der Waals surface area contributed by atoms with Crippen molar-refractivity contribution in [3.05, 3.63) is 23.9 Å². The molecule has 0 unspecified atom stereocenters. The molecule has 0 bridgehead atoms. The highest BCUT2D eigenvalue weighted by molar-refractivity contribution is 9.09. The molecule has 0 spiro atoms. The van der Waals surface area contributed by atoms with E-state index in [0.29, 0.717) is 11.0 Å². The van der Waals surface area contributed by atoms with Crippen molar-refractivity contribution in [2.75, 3.05) is 5.33 Å². The Morgan fingerprint density at radius 3 is 2.50 bits per heavy atom. The van der Waals surface area contributed by atoms with Gasteiger partial charge in [-0.3, -0.25) is 4.99 Å². The summed E-state index contributed by atoms with van der Waals surface area (Å²) in [6, 6.07) is 1.90. The van der Waals surface area contributed by atoms with Crippen molar-refractivity contribution < 1.29 is 0 Å². The van der Waals surface area contributed by atoms with Crippen LogP contribution in [-0.2, 0) is 0 Å². The SMILES string of the molecule is C=C/C(CBr)=C(/C#N)N=C. The van der Waals surface area contributed by atoms with E-state index in [1.165, 1.54) is 0 Å². The third-order valence-corrected chi connectivity index (χ3v) is 1.56. The standard InChI is InChI=1S/C7H7BrN2/c1-3-6(4-8)7(5-9)10-2/h3H,1-2,4H2/b7-6+. The lowest BCUT2D eigenvalue weighted by Crippen LogP contribution is -1.84. The smallest absolute Gasteiger partial charge is 0.143 e. The number of halogens is 1. The van der Waals surface area contributed by atoms with Gasteiger partial charge in [-0.05, 0) is 12.3 Å². The molecule has 0 N–H and O–H groups in total. The Balaban J connectivity index is 4.73. The zero-order valence-electron chi connectivity index (χ0n) is 5.47. The Labute approximate surface area is 68.7 Å². The Morgan fingerprint density at radius 2 is 2.40 bits per heavy atom. The van der Waals surface area contributed by atoms with Gasteiger partial charge >= 0.3 is 0 Å². The predicted molar refractivity (Wildman–Crippen MR) is 46.2 cm³/mol. The van der Waals surface area contributed by atoms with E-state index in [-0.39, 0.29) is 0 Å². The second kappa shape index (κ2) is 4.95. The van der Waals surface area contributed by atoms with Crippen molar-refractivity contribution in [1.29, 1.82) is 5.26 Å². The van der Waals surface area contributed by atoms with Crippen molar-refractivity contribution in [2.45, 2.75) is 0 Å². The van der Waals surface area contributed by atoms with E-state index >= 15 is 0 Å². The van der Waals surface area contributed by atoms with Crippen LogP contribution in [0.2, 0.25) is 0 Å². The Kier molecular flexibility index (Phi) is 4.51. The number of nitriles is 1. The van der Waals surface area contributed by atoms with E-state index in [2.05, 4.69) is 34.2 Å². The van der Waals surface area contributed by atoms with E-state index in [9.17, 15) is 0 Å². The normalized spacial score (nSPS) is 11.2. The fourth-order valence-corrected chi connectivity index (χ4v) is 0.918. The molecule has 0 aliphatic carbocycles. The van der Waals surface area contributed by atoms with Crippen LogP contribution < -0.4 is 0 Å². The van der Waals surface area contributed by atoms with E-state index in [1.807, 2.05) is 6.07 Å². The molecule has 0 rings (SSSR count). The topological polar surface area (TPSA) is 36.1 Å². The predicted octanol–water partition coefficient (Wildman–Crippen LogP) is 2.05. The second-order valence-corrected chi connectivity index (χ2v) is 2.04. The number of nitrogens with zero attached hydrogens (tertiary/aromatic N) is 2. The minimum absolute atomic E-state index is 0.326. The van der Waals surface area contributed by atoms with Crippen molar-refractivity contribution in [2.24, 2.45) is 4.99 Å². The number of aliphatic imine (C=N–C) groups is 1. The summed E-state index contributed by atoms with van der Waals surface area (Å²) in [5.41, 5.74) is 1.09. The fraction of sp³-hybridized carbons (Fsp3) is 0.143. The van der Waals surface area contributed by atoms with Gasteiger partial charge < -0.3 is 0 Å². The largest absolute Gasteiger partial charge is 0.253 e. The molecule has 0 aromatic carbocycles. The average molecular weight is 199 g/mol. The highest BCUT2D eigenvalue weighted by Crippen LogP contribution is 2.08. The summed E-state index contributed by atoms with van der Waals surface area (Å²) in [7, 11) is 0. The summed E-state index contributed by atoms with van der Waals surface area (Å²) in [6.07, 6.45) is 1.59.